The molecule has 0 spiro atoms. The first kappa shape index (κ1) is 17.9. The number of esters is 1. The molecule has 7 heteroatoms. The molecule has 0 bridgehead atoms. The van der Waals surface area contributed by atoms with Gasteiger partial charge < -0.3 is 4.74 Å². The Bertz CT molecular complexity index is 628. The maximum absolute atomic E-state index is 12.7. The zero-order valence-corrected chi connectivity index (χ0v) is 14.4. The van der Waals surface area contributed by atoms with Crippen molar-refractivity contribution in [3.63, 3.8) is 0 Å². The van der Waals surface area contributed by atoms with Crippen LogP contribution in [0.15, 0.2) is 40.2 Å². The molecule has 0 unspecified atom stereocenters. The van der Waals surface area contributed by atoms with E-state index < -0.39 is 16.0 Å². The van der Waals surface area contributed by atoms with Crippen LogP contribution < -0.4 is 0 Å². The lowest BCUT2D eigenvalue weighted by Crippen LogP contribution is -2.37. The predicted molar refractivity (Wildman–Crippen MR) is 84.5 cm³/mol. The zero-order chi connectivity index (χ0) is 16.0. The Morgan fingerprint density at radius 1 is 1.48 bits per heavy atom. The van der Waals surface area contributed by atoms with Crippen LogP contribution in [0, 0.1) is 6.92 Å². The molecule has 1 rings (SSSR count). The first-order valence-corrected chi connectivity index (χ1v) is 8.59. The molecule has 0 N–H and O–H groups in total. The van der Waals surface area contributed by atoms with Crippen LogP contribution in [0.25, 0.3) is 0 Å². The lowest BCUT2D eigenvalue weighted by Gasteiger charge is -2.21. The van der Waals surface area contributed by atoms with Crippen molar-refractivity contribution in [1.82, 2.24) is 4.31 Å². The highest BCUT2D eigenvalue weighted by atomic mass is 79.9. The summed E-state index contributed by atoms with van der Waals surface area (Å²) in [5.41, 5.74) is 0.608. The smallest absolute Gasteiger partial charge is 0.321 e. The van der Waals surface area contributed by atoms with E-state index in [1.807, 2.05) is 0 Å². The van der Waals surface area contributed by atoms with Crippen LogP contribution in [0.5, 0.6) is 0 Å². The van der Waals surface area contributed by atoms with Gasteiger partial charge in [0.2, 0.25) is 10.0 Å². The highest BCUT2D eigenvalue weighted by molar-refractivity contribution is 9.10. The molecule has 0 fully saturated rings. The summed E-state index contributed by atoms with van der Waals surface area (Å²) in [5, 5.41) is 0. The molecule has 21 heavy (non-hydrogen) atoms. The van der Waals surface area contributed by atoms with Crippen molar-refractivity contribution in [2.24, 2.45) is 0 Å². The molecule has 0 amide bonds. The Morgan fingerprint density at radius 2 is 2.14 bits per heavy atom. The Kier molecular flexibility index (Phi) is 6.57. The standard InChI is InChI=1S/C14H18BrNO4S/c1-4-8-16(10-14(17)20-5-2)21(18,19)13-9-12(15)7-6-11(13)3/h4,6-7,9H,1,5,8,10H2,2-3H3. The van der Waals surface area contributed by atoms with Gasteiger partial charge in [0.25, 0.3) is 0 Å². The van der Waals surface area contributed by atoms with Gasteiger partial charge in [0.1, 0.15) is 6.54 Å². The summed E-state index contributed by atoms with van der Waals surface area (Å²) in [4.78, 5) is 11.7. The van der Waals surface area contributed by atoms with E-state index in [0.29, 0.717) is 10.0 Å². The first-order chi connectivity index (χ1) is 9.82. The second-order valence-electron chi connectivity index (χ2n) is 4.30. The molecule has 0 heterocycles. The lowest BCUT2D eigenvalue weighted by molar-refractivity contribution is -0.143. The van der Waals surface area contributed by atoms with Crippen LogP contribution in [0.3, 0.4) is 0 Å². The molecule has 5 nitrogen and oxygen atoms in total. The number of sulfonamides is 1. The van der Waals surface area contributed by atoms with Crippen molar-refractivity contribution < 1.29 is 17.9 Å². The largest absolute Gasteiger partial charge is 0.465 e. The van der Waals surface area contributed by atoms with E-state index in [2.05, 4.69) is 22.5 Å². The topological polar surface area (TPSA) is 63.7 Å². The third kappa shape index (κ3) is 4.66. The molecular weight excluding hydrogens is 358 g/mol. The van der Waals surface area contributed by atoms with E-state index in [1.54, 1.807) is 26.0 Å². The molecule has 0 aliphatic heterocycles. The normalized spacial score (nSPS) is 11.4. The average Bonchev–Trinajstić information content (AvgIpc) is 2.41. The number of rotatable bonds is 7. The van der Waals surface area contributed by atoms with E-state index in [-0.39, 0.29) is 24.6 Å². The number of aryl methyl sites for hydroxylation is 1. The lowest BCUT2D eigenvalue weighted by atomic mass is 10.2. The second kappa shape index (κ2) is 7.72. The molecule has 1 aromatic rings. The van der Waals surface area contributed by atoms with Gasteiger partial charge in [-0.25, -0.2) is 8.42 Å². The third-order valence-electron chi connectivity index (χ3n) is 2.71. The van der Waals surface area contributed by atoms with Crippen molar-refractivity contribution in [2.45, 2.75) is 18.7 Å². The predicted octanol–water partition coefficient (Wildman–Crippen LogP) is 2.50. The molecule has 0 aliphatic rings. The Hall–Kier alpha value is -1.18. The molecule has 0 saturated heterocycles. The van der Waals surface area contributed by atoms with Crippen molar-refractivity contribution in [1.29, 1.82) is 0 Å². The van der Waals surface area contributed by atoms with Gasteiger partial charge in [-0.2, -0.15) is 4.31 Å². The summed E-state index contributed by atoms with van der Waals surface area (Å²) in [5.74, 6) is -0.587. The fourth-order valence-electron chi connectivity index (χ4n) is 1.73. The van der Waals surface area contributed by atoms with Gasteiger partial charge >= 0.3 is 5.97 Å². The van der Waals surface area contributed by atoms with E-state index >= 15 is 0 Å². The number of hydrogen-bond acceptors (Lipinski definition) is 4. The fourth-order valence-corrected chi connectivity index (χ4v) is 3.85. The highest BCUT2D eigenvalue weighted by Gasteiger charge is 2.27. The van der Waals surface area contributed by atoms with Crippen molar-refractivity contribution in [3.05, 3.63) is 40.9 Å². The minimum Gasteiger partial charge on any atom is -0.465 e. The van der Waals surface area contributed by atoms with Gasteiger partial charge in [-0.05, 0) is 31.5 Å². The van der Waals surface area contributed by atoms with E-state index in [4.69, 9.17) is 4.74 Å². The zero-order valence-electron chi connectivity index (χ0n) is 12.0. The number of carbonyl (C=O) groups is 1. The SMILES string of the molecule is C=CCN(CC(=O)OCC)S(=O)(=O)c1cc(Br)ccc1C. The number of benzene rings is 1. The van der Waals surface area contributed by atoms with Gasteiger partial charge in [-0.3, -0.25) is 4.79 Å². The Balaban J connectivity index is 3.18. The maximum Gasteiger partial charge on any atom is 0.321 e. The molecule has 0 aromatic heterocycles. The van der Waals surface area contributed by atoms with Crippen molar-refractivity contribution in [2.75, 3.05) is 19.7 Å². The quantitative estimate of drug-likeness (QED) is 0.542. The number of hydrogen-bond donors (Lipinski definition) is 0. The van der Waals surface area contributed by atoms with Gasteiger partial charge in [0, 0.05) is 11.0 Å². The fraction of sp³-hybridized carbons (Fsp3) is 0.357. The highest BCUT2D eigenvalue weighted by Crippen LogP contribution is 2.23. The Labute approximate surface area is 133 Å². The summed E-state index contributed by atoms with van der Waals surface area (Å²) in [6.07, 6.45) is 1.43. The van der Waals surface area contributed by atoms with Crippen molar-refractivity contribution in [3.8, 4) is 0 Å². The van der Waals surface area contributed by atoms with E-state index in [1.165, 1.54) is 12.1 Å². The first-order valence-electron chi connectivity index (χ1n) is 6.35. The number of carbonyl (C=O) groups excluding carboxylic acids is 1. The Morgan fingerprint density at radius 3 is 2.71 bits per heavy atom. The maximum atomic E-state index is 12.7. The van der Waals surface area contributed by atoms with Crippen molar-refractivity contribution >= 4 is 31.9 Å². The summed E-state index contributed by atoms with van der Waals surface area (Å²) in [6, 6.07) is 4.98. The van der Waals surface area contributed by atoms with Gasteiger partial charge in [-0.15, -0.1) is 6.58 Å². The molecule has 116 valence electrons. The molecule has 0 saturated carbocycles. The molecule has 0 aliphatic carbocycles. The van der Waals surface area contributed by atoms with E-state index in [9.17, 15) is 13.2 Å². The van der Waals surface area contributed by atoms with Crippen LogP contribution >= 0.6 is 15.9 Å². The van der Waals surface area contributed by atoms with Gasteiger partial charge in [-0.1, -0.05) is 28.1 Å². The van der Waals surface area contributed by atoms with Gasteiger partial charge in [0.15, 0.2) is 0 Å². The van der Waals surface area contributed by atoms with Crippen LogP contribution in [0.4, 0.5) is 0 Å². The number of ether oxygens (including phenoxy) is 1. The monoisotopic (exact) mass is 375 g/mol. The summed E-state index contributed by atoms with van der Waals surface area (Å²) in [7, 11) is -3.80. The number of nitrogens with zero attached hydrogens (tertiary/aromatic N) is 1. The molecule has 0 atom stereocenters. The van der Waals surface area contributed by atoms with Gasteiger partial charge in [0.05, 0.1) is 11.5 Å². The molecular formula is C14H18BrNO4S. The van der Waals surface area contributed by atoms with Crippen LogP contribution in [0.2, 0.25) is 0 Å². The summed E-state index contributed by atoms with van der Waals surface area (Å²) in [6.45, 7) is 6.81. The third-order valence-corrected chi connectivity index (χ3v) is 5.16. The van der Waals surface area contributed by atoms with Crippen LogP contribution in [0.1, 0.15) is 12.5 Å². The number of halogens is 1. The summed E-state index contributed by atoms with van der Waals surface area (Å²) >= 11 is 3.26. The minimum atomic E-state index is -3.80. The average molecular weight is 376 g/mol. The molecule has 1 aromatic carbocycles. The molecule has 0 radical (unpaired) electrons. The van der Waals surface area contributed by atoms with Crippen LogP contribution in [-0.2, 0) is 19.6 Å². The summed E-state index contributed by atoms with van der Waals surface area (Å²) < 4.78 is 31.9. The second-order valence-corrected chi connectivity index (χ2v) is 7.12. The van der Waals surface area contributed by atoms with E-state index in [0.717, 1.165) is 4.31 Å². The van der Waals surface area contributed by atoms with Crippen LogP contribution in [-0.4, -0.2) is 38.4 Å². The minimum absolute atomic E-state index is 0.0348.